The number of amides is 3. The second-order valence-electron chi connectivity index (χ2n) is 9.01. The van der Waals surface area contributed by atoms with E-state index in [1.807, 2.05) is 0 Å². The third kappa shape index (κ3) is 9.14. The van der Waals surface area contributed by atoms with E-state index in [0.717, 1.165) is 0 Å². The van der Waals surface area contributed by atoms with Crippen LogP contribution >= 0.6 is 0 Å². The van der Waals surface area contributed by atoms with Gasteiger partial charge in [0.2, 0.25) is 17.7 Å². The molecule has 0 heterocycles. The van der Waals surface area contributed by atoms with Crippen LogP contribution in [0.2, 0.25) is 0 Å². The molecule has 38 heavy (non-hydrogen) atoms. The molecular formula is C26H34N4O8. The van der Waals surface area contributed by atoms with Gasteiger partial charge in [0, 0.05) is 12.8 Å². The highest BCUT2D eigenvalue weighted by Gasteiger charge is 2.32. The first-order valence-electron chi connectivity index (χ1n) is 12.0. The van der Waals surface area contributed by atoms with Crippen LogP contribution < -0.4 is 21.7 Å². The molecule has 0 saturated carbocycles. The second-order valence-corrected chi connectivity index (χ2v) is 9.01. The van der Waals surface area contributed by atoms with Crippen molar-refractivity contribution in [2.24, 2.45) is 5.73 Å². The number of hydrogen-bond donors (Lipinski definition) is 8. The predicted molar refractivity (Wildman–Crippen MR) is 137 cm³/mol. The molecule has 0 fully saturated rings. The summed E-state index contributed by atoms with van der Waals surface area (Å²) in [6, 6.07) is 9.12. The zero-order valence-corrected chi connectivity index (χ0v) is 21.1. The highest BCUT2D eigenvalue weighted by molar-refractivity contribution is 5.94. The highest BCUT2D eigenvalue weighted by atomic mass is 16.4. The fraction of sp³-hybridized carbons (Fsp3) is 0.385. The maximum atomic E-state index is 13.4. The van der Waals surface area contributed by atoms with Crippen LogP contribution in [0.4, 0.5) is 0 Å². The van der Waals surface area contributed by atoms with E-state index in [1.54, 1.807) is 30.3 Å². The molecule has 0 bridgehead atoms. The van der Waals surface area contributed by atoms with Gasteiger partial charge in [-0.15, -0.1) is 0 Å². The van der Waals surface area contributed by atoms with E-state index in [4.69, 9.17) is 5.73 Å². The van der Waals surface area contributed by atoms with Gasteiger partial charge in [0.25, 0.3) is 0 Å². The van der Waals surface area contributed by atoms with Crippen LogP contribution in [-0.2, 0) is 32.0 Å². The van der Waals surface area contributed by atoms with Gasteiger partial charge in [0.05, 0.1) is 12.2 Å². The third-order valence-electron chi connectivity index (χ3n) is 5.79. The number of nitrogens with one attached hydrogen (secondary N) is 3. The summed E-state index contributed by atoms with van der Waals surface area (Å²) >= 11 is 0. The number of aliphatic carboxylic acids is 1. The first kappa shape index (κ1) is 30.2. The van der Waals surface area contributed by atoms with Crippen molar-refractivity contribution in [2.75, 3.05) is 0 Å². The van der Waals surface area contributed by atoms with Gasteiger partial charge >= 0.3 is 5.97 Å². The number of benzene rings is 2. The van der Waals surface area contributed by atoms with E-state index in [0.29, 0.717) is 11.1 Å². The zero-order chi connectivity index (χ0) is 28.4. The van der Waals surface area contributed by atoms with Gasteiger partial charge in [0.15, 0.2) is 6.04 Å². The Morgan fingerprint density at radius 1 is 0.737 bits per heavy atom. The van der Waals surface area contributed by atoms with Crippen LogP contribution in [0.1, 0.15) is 25.0 Å². The first-order valence-corrected chi connectivity index (χ1v) is 12.0. The molecule has 0 aliphatic rings. The number of phenols is 1. The van der Waals surface area contributed by atoms with Gasteiger partial charge in [-0.3, -0.25) is 14.4 Å². The van der Waals surface area contributed by atoms with Crippen LogP contribution in [-0.4, -0.2) is 80.5 Å². The minimum Gasteiger partial charge on any atom is -0.508 e. The van der Waals surface area contributed by atoms with Crippen LogP contribution in [0.25, 0.3) is 0 Å². The predicted octanol–water partition coefficient (Wildman–Crippen LogP) is -1.19. The van der Waals surface area contributed by atoms with Crippen LogP contribution in [0.15, 0.2) is 54.6 Å². The number of rotatable bonds is 13. The zero-order valence-electron chi connectivity index (χ0n) is 21.1. The van der Waals surface area contributed by atoms with Gasteiger partial charge < -0.3 is 42.1 Å². The smallest absolute Gasteiger partial charge is 0.328 e. The fourth-order valence-corrected chi connectivity index (χ4v) is 3.54. The minimum absolute atomic E-state index is 0.0149. The minimum atomic E-state index is -1.63. The molecule has 0 spiro atoms. The molecule has 0 aliphatic heterocycles. The number of carboxylic acid groups (broad SMARTS) is 1. The van der Waals surface area contributed by atoms with Gasteiger partial charge in [0.1, 0.15) is 23.9 Å². The van der Waals surface area contributed by atoms with Crippen molar-refractivity contribution in [3.63, 3.8) is 0 Å². The molecule has 206 valence electrons. The molecule has 12 heteroatoms. The van der Waals surface area contributed by atoms with Crippen LogP contribution in [0.5, 0.6) is 5.75 Å². The highest BCUT2D eigenvalue weighted by Crippen LogP contribution is 2.12. The Kier molecular flexibility index (Phi) is 11.2. The van der Waals surface area contributed by atoms with E-state index in [9.17, 15) is 39.6 Å². The molecule has 6 unspecified atom stereocenters. The number of aliphatic hydroxyl groups is 2. The Balaban J connectivity index is 2.33. The summed E-state index contributed by atoms with van der Waals surface area (Å²) in [6.45, 7) is 2.53. The number of aromatic hydroxyl groups is 1. The van der Waals surface area contributed by atoms with E-state index >= 15 is 0 Å². The fourth-order valence-electron chi connectivity index (χ4n) is 3.54. The topological polar surface area (TPSA) is 211 Å². The summed E-state index contributed by atoms with van der Waals surface area (Å²) in [5.74, 6) is -3.91. The quantitative estimate of drug-likeness (QED) is 0.156. The Morgan fingerprint density at radius 2 is 1.21 bits per heavy atom. The number of phenolic OH excluding ortho intramolecular Hbond substituents is 1. The number of carbonyl (C=O) groups is 4. The lowest BCUT2D eigenvalue weighted by molar-refractivity contribution is -0.145. The molecule has 2 aromatic rings. The summed E-state index contributed by atoms with van der Waals surface area (Å²) in [6.07, 6.45) is -2.67. The van der Waals surface area contributed by atoms with Gasteiger partial charge in [-0.2, -0.15) is 0 Å². The molecule has 0 aliphatic carbocycles. The summed E-state index contributed by atoms with van der Waals surface area (Å²) in [5.41, 5.74) is 6.95. The number of hydrogen-bond acceptors (Lipinski definition) is 8. The lowest BCUT2D eigenvalue weighted by Crippen LogP contribution is -2.59. The normalized spacial score (nSPS) is 15.7. The van der Waals surface area contributed by atoms with Crippen molar-refractivity contribution in [1.29, 1.82) is 0 Å². The monoisotopic (exact) mass is 530 g/mol. The molecule has 0 aromatic heterocycles. The number of carboxylic acids is 1. The van der Waals surface area contributed by atoms with Gasteiger partial charge in [-0.1, -0.05) is 42.5 Å². The summed E-state index contributed by atoms with van der Waals surface area (Å²) in [7, 11) is 0. The van der Waals surface area contributed by atoms with E-state index < -0.39 is 60.1 Å². The molecule has 2 rings (SSSR count). The SMILES string of the molecule is CC(O)C(N)C(=O)NC(Cc1ccccc1)C(=O)NC(Cc1ccc(O)cc1)C(=O)NC(C(=O)O)C(C)O. The average Bonchev–Trinajstić information content (AvgIpc) is 2.87. The Labute approximate surface area is 219 Å². The molecule has 0 saturated heterocycles. The number of aliphatic hydroxyl groups excluding tert-OH is 2. The molecule has 0 radical (unpaired) electrons. The number of carbonyl (C=O) groups excluding carboxylic acids is 3. The number of nitrogens with two attached hydrogens (primary N) is 1. The van der Waals surface area contributed by atoms with Crippen LogP contribution in [0.3, 0.4) is 0 Å². The summed E-state index contributed by atoms with van der Waals surface area (Å²) in [4.78, 5) is 50.5. The van der Waals surface area contributed by atoms with Crippen molar-refractivity contribution >= 4 is 23.7 Å². The average molecular weight is 531 g/mol. The standard InChI is InChI=1S/C26H34N4O8/c1-14(31)21(27)25(36)29-19(12-16-6-4-3-5-7-16)23(34)28-20(13-17-8-10-18(33)11-9-17)24(35)30-22(15(2)32)26(37)38/h3-11,14-15,19-22,31-33H,12-13,27H2,1-2H3,(H,28,34)(H,29,36)(H,30,35)(H,37,38). The maximum absolute atomic E-state index is 13.4. The van der Waals surface area contributed by atoms with Crippen molar-refractivity contribution < 1.29 is 39.6 Å². The Morgan fingerprint density at radius 3 is 1.68 bits per heavy atom. The molecule has 2 aromatic carbocycles. The largest absolute Gasteiger partial charge is 0.508 e. The Bertz CT molecular complexity index is 1090. The molecule has 3 amide bonds. The van der Waals surface area contributed by atoms with Crippen molar-refractivity contribution in [3.05, 3.63) is 65.7 Å². The maximum Gasteiger partial charge on any atom is 0.328 e. The second kappa shape index (κ2) is 14.1. The lowest BCUT2D eigenvalue weighted by Gasteiger charge is -2.26. The summed E-state index contributed by atoms with van der Waals surface area (Å²) in [5, 5.41) is 45.6. The van der Waals surface area contributed by atoms with E-state index in [2.05, 4.69) is 16.0 Å². The molecule has 12 nitrogen and oxygen atoms in total. The Hall–Kier alpha value is -4.00. The van der Waals surface area contributed by atoms with Crippen molar-refractivity contribution in [3.8, 4) is 5.75 Å². The van der Waals surface area contributed by atoms with Gasteiger partial charge in [-0.25, -0.2) is 4.79 Å². The van der Waals surface area contributed by atoms with Crippen molar-refractivity contribution in [2.45, 2.75) is 63.1 Å². The summed E-state index contributed by atoms with van der Waals surface area (Å²) < 4.78 is 0. The van der Waals surface area contributed by atoms with Crippen molar-refractivity contribution in [1.82, 2.24) is 16.0 Å². The molecule has 6 atom stereocenters. The third-order valence-corrected chi connectivity index (χ3v) is 5.79. The van der Waals surface area contributed by atoms with Crippen LogP contribution in [0, 0.1) is 0 Å². The van der Waals surface area contributed by atoms with E-state index in [-0.39, 0.29) is 18.6 Å². The van der Waals surface area contributed by atoms with Gasteiger partial charge in [-0.05, 0) is 37.1 Å². The molecular weight excluding hydrogens is 496 g/mol. The molecule has 9 N–H and O–H groups in total. The lowest BCUT2D eigenvalue weighted by atomic mass is 10.0. The van der Waals surface area contributed by atoms with E-state index in [1.165, 1.54) is 38.1 Å². The first-order chi connectivity index (χ1) is 17.9.